The van der Waals surface area contributed by atoms with E-state index >= 15 is 4.39 Å². The molecule has 0 saturated heterocycles. The number of halogens is 10. The third kappa shape index (κ3) is 20.4. The van der Waals surface area contributed by atoms with Crippen molar-refractivity contribution in [3.63, 3.8) is 0 Å². The Morgan fingerprint density at radius 3 is 0.787 bits per heavy atom. The first-order valence-electron chi connectivity index (χ1n) is 39.6. The average molecular weight is 1630 g/mol. The molecule has 0 aliphatic carbocycles. The Morgan fingerprint density at radius 2 is 0.484 bits per heavy atom. The standard InChI is InChI=1S/2C27H19F2N.2C18H17F2N.C17H15F2N/c28-23-17-15-22(16-18-23)27(19-30,24-13-7-8-14-25(24)29)26(20-9-3-1-4-10-20)21-11-5-2-6-12-21;28-24-15-11-22(12-16-24)27(19-30,23-13-17-25(29)18-14-23)26(20-7-3-1-4-8-20)21-9-5-2-6-10-21;1-13(2)11-18(12-21,14-6-8-16(19)9-7-14)15-4-3-5-17(20)10-15;1-13(2)11-18(12-21,14-7-9-15(19)10-8-14)16-5-3-4-6-17(16)20;1-12(2)17(11-20,13-6-8-15(18)9-7-13)14-4-3-5-16(19)10-14/h2*1-18,26H;2*3-10,13H,11H2,1-2H3;3-10,12H,1-2H3. The zero-order valence-electron chi connectivity index (χ0n) is 68.0. The molecule has 15 heteroatoms. The molecule has 0 fully saturated rings. The van der Waals surface area contributed by atoms with E-state index in [2.05, 4.69) is 30.3 Å². The van der Waals surface area contributed by atoms with Gasteiger partial charge in [-0.15, -0.1) is 0 Å². The van der Waals surface area contributed by atoms with Gasteiger partial charge in [-0.05, 0) is 207 Å². The highest BCUT2D eigenvalue weighted by atomic mass is 19.2. The van der Waals surface area contributed by atoms with Gasteiger partial charge in [0.1, 0.15) is 85.2 Å². The fraction of sp³-hybridized carbons (Fsp3) is 0.168. The van der Waals surface area contributed by atoms with Gasteiger partial charge in [-0.1, -0.05) is 296 Å². The van der Waals surface area contributed by atoms with Crippen LogP contribution in [0.15, 0.2) is 364 Å². The minimum Gasteiger partial charge on any atom is -0.207 e. The lowest BCUT2D eigenvalue weighted by molar-refractivity contribution is 0.454. The van der Waals surface area contributed by atoms with Crippen LogP contribution in [0.5, 0.6) is 0 Å². The Bertz CT molecular complexity index is 5820. The number of nitriles is 5. The van der Waals surface area contributed by atoms with Crippen LogP contribution >= 0.6 is 0 Å². The Morgan fingerprint density at radius 1 is 0.221 bits per heavy atom. The lowest BCUT2D eigenvalue weighted by atomic mass is 9.62. The van der Waals surface area contributed by atoms with Gasteiger partial charge < -0.3 is 0 Å². The van der Waals surface area contributed by atoms with Gasteiger partial charge in [0.15, 0.2) is 0 Å². The van der Waals surface area contributed by atoms with E-state index in [-0.39, 0.29) is 70.0 Å². The van der Waals surface area contributed by atoms with Crippen LogP contribution in [0.4, 0.5) is 43.9 Å². The van der Waals surface area contributed by atoms with E-state index in [4.69, 9.17) is 0 Å². The van der Waals surface area contributed by atoms with Crippen molar-refractivity contribution < 1.29 is 43.9 Å². The fourth-order valence-electron chi connectivity index (χ4n) is 16.2. The molecule has 0 aliphatic heterocycles. The summed E-state index contributed by atoms with van der Waals surface area (Å²) in [6.07, 6.45) is 1.01. The van der Waals surface area contributed by atoms with Crippen LogP contribution in [0, 0.1) is 133 Å². The van der Waals surface area contributed by atoms with Crippen LogP contribution in [-0.4, -0.2) is 0 Å². The molecule has 5 nitrogen and oxygen atoms in total. The first kappa shape index (κ1) is 90.2. The maximum atomic E-state index is 15.2. The van der Waals surface area contributed by atoms with Crippen LogP contribution in [0.3, 0.4) is 0 Å². The molecule has 0 N–H and O–H groups in total. The Kier molecular flexibility index (Phi) is 30.7. The molecular formula is C107H87F10N5. The van der Waals surface area contributed by atoms with Crippen molar-refractivity contribution in [1.29, 1.82) is 26.3 Å². The molecule has 0 saturated carbocycles. The lowest BCUT2D eigenvalue weighted by Crippen LogP contribution is -2.35. The highest BCUT2D eigenvalue weighted by Crippen LogP contribution is 2.51. The van der Waals surface area contributed by atoms with Gasteiger partial charge in [0.05, 0.1) is 30.3 Å². The van der Waals surface area contributed by atoms with Crippen LogP contribution in [0.25, 0.3) is 0 Å². The molecule has 0 heterocycles. The third-order valence-corrected chi connectivity index (χ3v) is 21.7. The Balaban J connectivity index is 0.000000162. The predicted octanol–water partition coefficient (Wildman–Crippen LogP) is 27.3. The molecule has 14 aromatic rings. The van der Waals surface area contributed by atoms with Crippen LogP contribution in [0.1, 0.15) is 144 Å². The van der Waals surface area contributed by atoms with Crippen molar-refractivity contribution in [2.75, 3.05) is 0 Å². The number of benzene rings is 14. The number of nitrogens with zero attached hydrogens (tertiary/aromatic N) is 5. The predicted molar refractivity (Wildman–Crippen MR) is 459 cm³/mol. The van der Waals surface area contributed by atoms with Gasteiger partial charge in [-0.2, -0.15) is 26.3 Å². The van der Waals surface area contributed by atoms with Crippen molar-refractivity contribution >= 4 is 0 Å². The maximum Gasteiger partial charge on any atom is 0.128 e. The molecule has 4 atom stereocenters. The Hall–Kier alpha value is -14.2. The van der Waals surface area contributed by atoms with Crippen molar-refractivity contribution in [2.24, 2.45) is 17.8 Å². The molecule has 122 heavy (non-hydrogen) atoms. The summed E-state index contributed by atoms with van der Waals surface area (Å²) in [7, 11) is 0. The highest BCUT2D eigenvalue weighted by molar-refractivity contribution is 5.59. The van der Waals surface area contributed by atoms with Crippen LogP contribution < -0.4 is 0 Å². The van der Waals surface area contributed by atoms with Gasteiger partial charge in [-0.3, -0.25) is 0 Å². The minimum atomic E-state index is -1.40. The third-order valence-electron chi connectivity index (χ3n) is 21.7. The summed E-state index contributed by atoms with van der Waals surface area (Å²) in [5.41, 5.74) is 3.57. The molecule has 610 valence electrons. The van der Waals surface area contributed by atoms with Crippen molar-refractivity contribution in [3.8, 4) is 30.3 Å². The summed E-state index contributed by atoms with van der Waals surface area (Å²) in [5.74, 6) is -4.44. The van der Waals surface area contributed by atoms with Crippen LogP contribution in [-0.2, 0) is 27.1 Å². The van der Waals surface area contributed by atoms with Crippen LogP contribution in [0.2, 0.25) is 0 Å². The first-order chi connectivity index (χ1) is 58.8. The monoisotopic (exact) mass is 1630 g/mol. The smallest absolute Gasteiger partial charge is 0.128 e. The van der Waals surface area contributed by atoms with Gasteiger partial charge in [0.25, 0.3) is 0 Å². The second-order valence-electron chi connectivity index (χ2n) is 30.7. The molecule has 14 aromatic carbocycles. The second-order valence-corrected chi connectivity index (χ2v) is 30.7. The highest BCUT2D eigenvalue weighted by Gasteiger charge is 2.48. The van der Waals surface area contributed by atoms with Gasteiger partial charge >= 0.3 is 0 Å². The zero-order valence-corrected chi connectivity index (χ0v) is 68.0. The van der Waals surface area contributed by atoms with E-state index in [1.54, 1.807) is 133 Å². The summed E-state index contributed by atoms with van der Waals surface area (Å²) in [5, 5.41) is 50.7. The quantitative estimate of drug-likeness (QED) is 0.0664. The summed E-state index contributed by atoms with van der Waals surface area (Å²) < 4.78 is 137. The van der Waals surface area contributed by atoms with Gasteiger partial charge in [0.2, 0.25) is 0 Å². The maximum absolute atomic E-state index is 15.2. The van der Waals surface area contributed by atoms with E-state index in [9.17, 15) is 65.8 Å². The summed E-state index contributed by atoms with van der Waals surface area (Å²) in [6, 6.07) is 111. The molecule has 14 rings (SSSR count). The number of rotatable bonds is 21. The van der Waals surface area contributed by atoms with E-state index in [1.165, 1.54) is 109 Å². The van der Waals surface area contributed by atoms with E-state index in [0.717, 1.165) is 22.3 Å². The number of hydrogen-bond donors (Lipinski definition) is 0. The van der Waals surface area contributed by atoms with Gasteiger partial charge in [0, 0.05) is 23.0 Å². The largest absolute Gasteiger partial charge is 0.207 e. The normalized spacial score (nSPS) is 12.9. The van der Waals surface area contributed by atoms with Crippen molar-refractivity contribution in [2.45, 2.75) is 93.3 Å². The van der Waals surface area contributed by atoms with E-state index < -0.39 is 50.4 Å². The topological polar surface area (TPSA) is 119 Å². The molecular weight excluding hydrogens is 1550 g/mol. The Labute approximate surface area is 707 Å². The molecule has 4 unspecified atom stereocenters. The summed E-state index contributed by atoms with van der Waals surface area (Å²) in [4.78, 5) is 0. The molecule has 0 spiro atoms. The van der Waals surface area contributed by atoms with Crippen molar-refractivity contribution in [1.82, 2.24) is 0 Å². The minimum absolute atomic E-state index is 0.0836. The van der Waals surface area contributed by atoms with Gasteiger partial charge in [-0.25, -0.2) is 43.9 Å². The second kappa shape index (κ2) is 41.5. The summed E-state index contributed by atoms with van der Waals surface area (Å²) >= 11 is 0. The molecule has 0 aliphatic rings. The molecule has 0 aromatic heterocycles. The lowest BCUT2D eigenvalue weighted by Gasteiger charge is -2.37. The molecule has 0 amide bonds. The van der Waals surface area contributed by atoms with E-state index in [0.29, 0.717) is 62.9 Å². The average Bonchev–Trinajstić information content (AvgIpc) is 0.737. The zero-order chi connectivity index (χ0) is 87.6. The van der Waals surface area contributed by atoms with E-state index in [1.807, 2.05) is 163 Å². The molecule has 0 radical (unpaired) electrons. The fourth-order valence-corrected chi connectivity index (χ4v) is 16.2. The summed E-state index contributed by atoms with van der Waals surface area (Å²) in [6.45, 7) is 11.8. The SMILES string of the molecule is CC(C)C(C#N)(c1ccc(F)cc1)c1cccc(F)c1.CC(C)CC(C#N)(c1ccc(F)cc1)c1cccc(F)c1.CC(C)CC(C#N)(c1ccc(F)cc1)c1ccccc1F.N#CC(c1ccc(F)cc1)(c1ccc(F)cc1)C(c1ccccc1)c1ccccc1.N#CC(c1ccc(F)cc1)(c1ccccc1F)C(c1ccccc1)c1ccccc1. The molecule has 0 bridgehead atoms. The first-order valence-corrected chi connectivity index (χ1v) is 39.6. The van der Waals surface area contributed by atoms with Crippen molar-refractivity contribution in [3.05, 3.63) is 500 Å². The number of hydrogen-bond acceptors (Lipinski definition) is 5.